The van der Waals surface area contributed by atoms with Crippen LogP contribution in [0.25, 0.3) is 0 Å². The Bertz CT molecular complexity index is 451. The van der Waals surface area contributed by atoms with Crippen molar-refractivity contribution in [2.24, 2.45) is 0 Å². The zero-order valence-electron chi connectivity index (χ0n) is 10.3. The summed E-state index contributed by atoms with van der Waals surface area (Å²) < 4.78 is 17.8. The predicted octanol–water partition coefficient (Wildman–Crippen LogP) is 3.03. The van der Waals surface area contributed by atoms with Crippen molar-refractivity contribution in [1.82, 2.24) is 0 Å². The van der Waals surface area contributed by atoms with E-state index in [-0.39, 0.29) is 11.0 Å². The van der Waals surface area contributed by atoms with Crippen molar-refractivity contribution in [1.29, 1.82) is 0 Å². The van der Waals surface area contributed by atoms with E-state index >= 15 is 0 Å². The lowest BCUT2D eigenvalue weighted by atomic mass is 10.2. The van der Waals surface area contributed by atoms with Crippen LogP contribution in [0.15, 0.2) is 30.9 Å². The van der Waals surface area contributed by atoms with Crippen LogP contribution in [0.5, 0.6) is 0 Å². The van der Waals surface area contributed by atoms with Gasteiger partial charge in [0.15, 0.2) is 0 Å². The molecular weight excluding hydrogens is 257 g/mol. The number of hydrogen-bond acceptors (Lipinski definition) is 3. The molecule has 18 heavy (non-hydrogen) atoms. The van der Waals surface area contributed by atoms with Crippen molar-refractivity contribution < 1.29 is 13.9 Å². The van der Waals surface area contributed by atoms with Crippen LogP contribution in [0.1, 0.15) is 6.92 Å². The van der Waals surface area contributed by atoms with E-state index in [2.05, 4.69) is 6.58 Å². The van der Waals surface area contributed by atoms with Crippen LogP contribution in [0.4, 0.5) is 10.1 Å². The molecule has 0 radical (unpaired) electrons. The molecule has 0 aromatic heterocycles. The van der Waals surface area contributed by atoms with Crippen LogP contribution in [0, 0.1) is 5.82 Å². The Labute approximate surface area is 111 Å². The maximum absolute atomic E-state index is 13.1. The van der Waals surface area contributed by atoms with Gasteiger partial charge in [-0.3, -0.25) is 0 Å². The fourth-order valence-electron chi connectivity index (χ4n) is 1.59. The highest BCUT2D eigenvalue weighted by molar-refractivity contribution is 6.31. The lowest BCUT2D eigenvalue weighted by Gasteiger charge is -2.28. The summed E-state index contributed by atoms with van der Waals surface area (Å²) in [6, 6.07) is 3.79. The third-order valence-electron chi connectivity index (χ3n) is 2.57. The molecule has 1 aromatic rings. The quantitative estimate of drug-likeness (QED) is 0.609. The van der Waals surface area contributed by atoms with Crippen LogP contribution in [-0.2, 0) is 9.53 Å². The van der Waals surface area contributed by atoms with Crippen molar-refractivity contribution >= 4 is 23.3 Å². The van der Waals surface area contributed by atoms with Gasteiger partial charge >= 0.3 is 5.97 Å². The molecule has 0 N–H and O–H groups in total. The summed E-state index contributed by atoms with van der Waals surface area (Å²) in [5, 5.41) is 0.0126. The normalized spacial score (nSPS) is 11.8. The molecule has 0 heterocycles. The van der Waals surface area contributed by atoms with Crippen LogP contribution in [-0.4, -0.2) is 25.7 Å². The first-order valence-corrected chi connectivity index (χ1v) is 5.79. The Hall–Kier alpha value is -1.55. The molecule has 0 saturated heterocycles. The van der Waals surface area contributed by atoms with E-state index in [0.29, 0.717) is 12.2 Å². The summed E-state index contributed by atoms with van der Waals surface area (Å²) >= 11 is 5.73. The average molecular weight is 272 g/mol. The second-order valence-corrected chi connectivity index (χ2v) is 4.15. The minimum Gasteiger partial charge on any atom is -0.467 e. The largest absolute Gasteiger partial charge is 0.467 e. The highest BCUT2D eigenvalue weighted by Crippen LogP contribution is 2.24. The monoisotopic (exact) mass is 271 g/mol. The second kappa shape index (κ2) is 6.40. The van der Waals surface area contributed by atoms with Crippen LogP contribution in [0.2, 0.25) is 5.02 Å². The van der Waals surface area contributed by atoms with Crippen LogP contribution in [0.3, 0.4) is 0 Å². The number of anilines is 1. The van der Waals surface area contributed by atoms with E-state index in [4.69, 9.17) is 16.3 Å². The van der Waals surface area contributed by atoms with E-state index in [1.54, 1.807) is 24.0 Å². The number of carbonyl (C=O) groups excluding carboxylic acids is 1. The Morgan fingerprint density at radius 1 is 1.67 bits per heavy atom. The first-order chi connectivity index (χ1) is 8.51. The Morgan fingerprint density at radius 3 is 2.83 bits per heavy atom. The number of esters is 1. The molecule has 98 valence electrons. The summed E-state index contributed by atoms with van der Waals surface area (Å²) in [6.45, 7) is 5.76. The van der Waals surface area contributed by atoms with Gasteiger partial charge in [0.05, 0.1) is 12.1 Å². The van der Waals surface area contributed by atoms with Gasteiger partial charge in [-0.25, -0.2) is 9.18 Å². The van der Waals surface area contributed by atoms with Crippen molar-refractivity contribution in [3.63, 3.8) is 0 Å². The Balaban J connectivity index is 3.07. The molecule has 0 saturated carbocycles. The van der Waals surface area contributed by atoms with Gasteiger partial charge in [-0.2, -0.15) is 0 Å². The first kappa shape index (κ1) is 14.5. The molecule has 0 amide bonds. The lowest BCUT2D eigenvalue weighted by molar-refractivity contribution is -0.141. The summed E-state index contributed by atoms with van der Waals surface area (Å²) in [5.74, 6) is -0.873. The molecule has 0 fully saturated rings. The number of hydrogen-bond donors (Lipinski definition) is 0. The van der Waals surface area contributed by atoms with E-state index in [1.807, 2.05) is 0 Å². The van der Waals surface area contributed by atoms with Gasteiger partial charge in [0, 0.05) is 12.2 Å². The number of ether oxygens (including phenoxy) is 1. The minimum atomic E-state index is -0.505. The van der Waals surface area contributed by atoms with Gasteiger partial charge in [-0.15, -0.1) is 6.58 Å². The summed E-state index contributed by atoms with van der Waals surface area (Å²) in [5.41, 5.74) is 0.638. The van der Waals surface area contributed by atoms with E-state index in [1.165, 1.54) is 19.2 Å². The average Bonchev–Trinajstić information content (AvgIpc) is 2.37. The highest BCUT2D eigenvalue weighted by atomic mass is 35.5. The highest BCUT2D eigenvalue weighted by Gasteiger charge is 2.21. The van der Waals surface area contributed by atoms with Gasteiger partial charge < -0.3 is 9.64 Å². The molecule has 1 atom stereocenters. The third-order valence-corrected chi connectivity index (χ3v) is 2.86. The predicted molar refractivity (Wildman–Crippen MR) is 70.4 cm³/mol. The van der Waals surface area contributed by atoms with Crippen LogP contribution < -0.4 is 4.90 Å². The zero-order chi connectivity index (χ0) is 13.7. The first-order valence-electron chi connectivity index (χ1n) is 5.41. The van der Waals surface area contributed by atoms with Crippen molar-refractivity contribution in [3.8, 4) is 0 Å². The van der Waals surface area contributed by atoms with Crippen molar-refractivity contribution in [2.45, 2.75) is 13.0 Å². The molecule has 0 bridgehead atoms. The minimum absolute atomic E-state index is 0.0126. The number of halogens is 2. The SMILES string of the molecule is C=CCN(c1ccc(F)c(Cl)c1)[C@@H](C)C(=O)OC. The van der Waals surface area contributed by atoms with Crippen molar-refractivity contribution in [2.75, 3.05) is 18.6 Å². The third kappa shape index (κ3) is 3.23. The fraction of sp³-hybridized carbons (Fsp3) is 0.308. The summed E-state index contributed by atoms with van der Waals surface area (Å²) in [7, 11) is 1.32. The van der Waals surface area contributed by atoms with E-state index < -0.39 is 11.9 Å². The number of nitrogens with zero attached hydrogens (tertiary/aromatic N) is 1. The van der Waals surface area contributed by atoms with Gasteiger partial charge in [-0.05, 0) is 25.1 Å². The number of methoxy groups -OCH3 is 1. The molecule has 0 unspecified atom stereocenters. The van der Waals surface area contributed by atoms with Crippen molar-refractivity contribution in [3.05, 3.63) is 41.7 Å². The topological polar surface area (TPSA) is 29.5 Å². The molecule has 5 heteroatoms. The molecular formula is C13H15ClFNO2. The maximum atomic E-state index is 13.1. The molecule has 0 aliphatic rings. The zero-order valence-corrected chi connectivity index (χ0v) is 11.1. The van der Waals surface area contributed by atoms with Gasteiger partial charge in [0.2, 0.25) is 0 Å². The van der Waals surface area contributed by atoms with E-state index in [0.717, 1.165) is 0 Å². The standard InChI is InChI=1S/C13H15ClFNO2/c1-4-7-16(9(2)13(17)18-3)10-5-6-12(15)11(14)8-10/h4-6,8-9H,1,7H2,2-3H3/t9-/m0/s1. The Kier molecular flexibility index (Phi) is 5.16. The van der Waals surface area contributed by atoms with Crippen LogP contribution >= 0.6 is 11.6 Å². The number of rotatable bonds is 5. The van der Waals surface area contributed by atoms with Gasteiger partial charge in [0.1, 0.15) is 11.9 Å². The lowest BCUT2D eigenvalue weighted by Crippen LogP contribution is -2.40. The summed E-state index contributed by atoms with van der Waals surface area (Å²) in [4.78, 5) is 13.3. The number of carbonyl (C=O) groups is 1. The van der Waals surface area contributed by atoms with Gasteiger partial charge in [-0.1, -0.05) is 17.7 Å². The summed E-state index contributed by atoms with van der Waals surface area (Å²) in [6.07, 6.45) is 1.65. The van der Waals surface area contributed by atoms with Gasteiger partial charge in [0.25, 0.3) is 0 Å². The fourth-order valence-corrected chi connectivity index (χ4v) is 1.76. The molecule has 1 aromatic carbocycles. The Morgan fingerprint density at radius 2 is 2.33 bits per heavy atom. The molecule has 0 spiro atoms. The smallest absolute Gasteiger partial charge is 0.328 e. The molecule has 1 rings (SSSR count). The molecule has 3 nitrogen and oxygen atoms in total. The molecule has 0 aliphatic carbocycles. The second-order valence-electron chi connectivity index (χ2n) is 3.74. The molecule has 0 aliphatic heterocycles. The van der Waals surface area contributed by atoms with E-state index in [9.17, 15) is 9.18 Å². The number of benzene rings is 1. The maximum Gasteiger partial charge on any atom is 0.328 e.